The Labute approximate surface area is 140 Å². The van der Waals surface area contributed by atoms with Crippen LogP contribution in [0.2, 0.25) is 0 Å². The van der Waals surface area contributed by atoms with E-state index in [1.165, 1.54) is 82.1 Å². The molecule has 0 spiro atoms. The number of benzene rings is 1. The minimum Gasteiger partial charge on any atom is -0.0654 e. The van der Waals surface area contributed by atoms with Crippen molar-refractivity contribution in [2.45, 2.75) is 77.3 Å². The van der Waals surface area contributed by atoms with Crippen LogP contribution in [-0.4, -0.2) is 19.5 Å². The summed E-state index contributed by atoms with van der Waals surface area (Å²) in [5, 5.41) is 0. The standard InChI is InChI=1S/C21H38P/c1-4-5-6-7-8-9-10-11-12-16-19-22(2,3)20-21-17-14-13-15-18-21/h13-15,17-18H,4-12,16,19-20H2,1-3H3/q+1. The zero-order valence-corrected chi connectivity index (χ0v) is 16.2. The summed E-state index contributed by atoms with van der Waals surface area (Å²) < 4.78 is 0. The molecule has 0 N–H and O–H groups in total. The normalized spacial score (nSPS) is 11.8. The minimum absolute atomic E-state index is 0.738. The van der Waals surface area contributed by atoms with Crippen LogP contribution >= 0.6 is 7.26 Å². The van der Waals surface area contributed by atoms with Gasteiger partial charge in [0.2, 0.25) is 0 Å². The highest BCUT2D eigenvalue weighted by Crippen LogP contribution is 2.54. The lowest BCUT2D eigenvalue weighted by Gasteiger charge is -2.18. The van der Waals surface area contributed by atoms with Crippen molar-refractivity contribution in [3.8, 4) is 0 Å². The molecule has 0 aliphatic heterocycles. The molecular weight excluding hydrogens is 283 g/mol. The summed E-state index contributed by atoms with van der Waals surface area (Å²) in [5.74, 6) is 0. The third-order valence-corrected chi connectivity index (χ3v) is 7.32. The fourth-order valence-electron chi connectivity index (χ4n) is 3.18. The Morgan fingerprint density at radius 1 is 0.682 bits per heavy atom. The second kappa shape index (κ2) is 12.1. The van der Waals surface area contributed by atoms with Gasteiger partial charge < -0.3 is 0 Å². The maximum atomic E-state index is 2.54. The number of rotatable bonds is 13. The molecule has 1 heteroatoms. The molecule has 0 saturated heterocycles. The molecule has 1 aromatic carbocycles. The third-order valence-electron chi connectivity index (χ3n) is 4.57. The first-order valence-corrected chi connectivity index (χ1v) is 12.6. The largest absolute Gasteiger partial charge is 0.0837 e. The number of unbranched alkanes of at least 4 members (excludes halogenated alkanes) is 9. The summed E-state index contributed by atoms with van der Waals surface area (Å²) in [6.07, 6.45) is 17.3. The van der Waals surface area contributed by atoms with Gasteiger partial charge in [-0.3, -0.25) is 0 Å². The molecule has 0 aliphatic carbocycles. The van der Waals surface area contributed by atoms with Crippen LogP contribution in [0, 0.1) is 0 Å². The highest BCUT2D eigenvalue weighted by Gasteiger charge is 2.24. The predicted octanol–water partition coefficient (Wildman–Crippen LogP) is 7.38. The molecule has 0 aromatic heterocycles. The van der Waals surface area contributed by atoms with Gasteiger partial charge in [-0.15, -0.1) is 0 Å². The maximum Gasteiger partial charge on any atom is 0.0837 e. The molecule has 22 heavy (non-hydrogen) atoms. The van der Waals surface area contributed by atoms with E-state index in [1.54, 1.807) is 0 Å². The Bertz CT molecular complexity index is 355. The van der Waals surface area contributed by atoms with E-state index in [4.69, 9.17) is 0 Å². The van der Waals surface area contributed by atoms with E-state index < -0.39 is 7.26 Å². The molecule has 0 nitrogen and oxygen atoms in total. The van der Waals surface area contributed by atoms with E-state index in [-0.39, 0.29) is 0 Å². The van der Waals surface area contributed by atoms with E-state index in [1.807, 2.05) is 0 Å². The molecule has 126 valence electrons. The van der Waals surface area contributed by atoms with Gasteiger partial charge in [0.1, 0.15) is 0 Å². The highest BCUT2D eigenvalue weighted by atomic mass is 31.2. The van der Waals surface area contributed by atoms with Crippen LogP contribution in [-0.2, 0) is 6.16 Å². The molecule has 0 unspecified atom stereocenters. The van der Waals surface area contributed by atoms with Gasteiger partial charge >= 0.3 is 0 Å². The van der Waals surface area contributed by atoms with Crippen LogP contribution in [0.4, 0.5) is 0 Å². The number of hydrogen-bond acceptors (Lipinski definition) is 0. The van der Waals surface area contributed by atoms with Crippen molar-refractivity contribution in [2.75, 3.05) is 19.5 Å². The first-order valence-electron chi connectivity index (χ1n) is 9.50. The molecule has 0 bridgehead atoms. The smallest absolute Gasteiger partial charge is 0.0654 e. The average molecular weight is 322 g/mol. The second-order valence-corrected chi connectivity index (χ2v) is 12.1. The molecule has 1 aromatic rings. The lowest BCUT2D eigenvalue weighted by atomic mass is 10.1. The molecule has 0 saturated carbocycles. The van der Waals surface area contributed by atoms with Crippen LogP contribution in [0.5, 0.6) is 0 Å². The lowest BCUT2D eigenvalue weighted by molar-refractivity contribution is 0.562. The van der Waals surface area contributed by atoms with E-state index in [0.29, 0.717) is 0 Å². The molecule has 0 aliphatic rings. The van der Waals surface area contributed by atoms with Crippen LogP contribution in [0.15, 0.2) is 30.3 Å². The minimum atomic E-state index is -0.738. The van der Waals surface area contributed by atoms with E-state index in [9.17, 15) is 0 Å². The van der Waals surface area contributed by atoms with Crippen LogP contribution < -0.4 is 0 Å². The molecular formula is C21H38P+. The topological polar surface area (TPSA) is 0 Å². The first-order chi connectivity index (χ1) is 10.6. The van der Waals surface area contributed by atoms with Crippen molar-refractivity contribution >= 4 is 7.26 Å². The molecule has 0 heterocycles. The van der Waals surface area contributed by atoms with Gasteiger partial charge in [0, 0.05) is 20.6 Å². The Morgan fingerprint density at radius 3 is 1.73 bits per heavy atom. The first kappa shape index (κ1) is 19.7. The monoisotopic (exact) mass is 321 g/mol. The van der Waals surface area contributed by atoms with Crippen molar-refractivity contribution in [3.63, 3.8) is 0 Å². The van der Waals surface area contributed by atoms with Gasteiger partial charge in [-0.1, -0.05) is 88.6 Å². The fourth-order valence-corrected chi connectivity index (χ4v) is 5.62. The summed E-state index contributed by atoms with van der Waals surface area (Å²) in [4.78, 5) is 0. The lowest BCUT2D eigenvalue weighted by Crippen LogP contribution is -1.99. The zero-order valence-electron chi connectivity index (χ0n) is 15.3. The Morgan fingerprint density at radius 2 is 1.18 bits per heavy atom. The molecule has 0 atom stereocenters. The van der Waals surface area contributed by atoms with Gasteiger partial charge in [-0.25, -0.2) is 0 Å². The van der Waals surface area contributed by atoms with Crippen LogP contribution in [0.3, 0.4) is 0 Å². The van der Waals surface area contributed by atoms with Crippen LogP contribution in [0.1, 0.15) is 76.7 Å². The van der Waals surface area contributed by atoms with Gasteiger partial charge in [-0.05, 0) is 18.4 Å². The van der Waals surface area contributed by atoms with Crippen molar-refractivity contribution < 1.29 is 0 Å². The second-order valence-electron chi connectivity index (χ2n) is 7.49. The van der Waals surface area contributed by atoms with Crippen molar-refractivity contribution in [2.24, 2.45) is 0 Å². The summed E-state index contributed by atoms with van der Waals surface area (Å²) in [6.45, 7) is 7.36. The van der Waals surface area contributed by atoms with Crippen molar-refractivity contribution in [1.82, 2.24) is 0 Å². The zero-order chi connectivity index (χ0) is 16.1. The average Bonchev–Trinajstić information content (AvgIpc) is 2.49. The van der Waals surface area contributed by atoms with Crippen LogP contribution in [0.25, 0.3) is 0 Å². The van der Waals surface area contributed by atoms with Gasteiger partial charge in [0.15, 0.2) is 0 Å². The van der Waals surface area contributed by atoms with Crippen molar-refractivity contribution in [3.05, 3.63) is 35.9 Å². The third kappa shape index (κ3) is 10.4. The Balaban J connectivity index is 1.99. The molecule has 0 fully saturated rings. The maximum absolute atomic E-state index is 2.54. The summed E-state index contributed by atoms with van der Waals surface area (Å²) in [7, 11) is -0.738. The number of hydrogen-bond donors (Lipinski definition) is 0. The molecule has 0 radical (unpaired) electrons. The van der Waals surface area contributed by atoms with Gasteiger partial charge in [0.05, 0.1) is 12.3 Å². The van der Waals surface area contributed by atoms with E-state index in [0.717, 1.165) is 0 Å². The highest BCUT2D eigenvalue weighted by molar-refractivity contribution is 7.73. The summed E-state index contributed by atoms with van der Waals surface area (Å²) in [6, 6.07) is 11.1. The fraction of sp³-hybridized carbons (Fsp3) is 0.714. The Kier molecular flexibility index (Phi) is 10.9. The molecule has 0 amide bonds. The quantitative estimate of drug-likeness (QED) is 0.262. The molecule has 1 rings (SSSR count). The predicted molar refractivity (Wildman–Crippen MR) is 106 cm³/mol. The summed E-state index contributed by atoms with van der Waals surface area (Å²) in [5.41, 5.74) is 1.54. The SMILES string of the molecule is CCCCCCCCCCCC[P+](C)(C)Cc1ccccc1. The summed E-state index contributed by atoms with van der Waals surface area (Å²) >= 11 is 0. The van der Waals surface area contributed by atoms with Gasteiger partial charge in [0.25, 0.3) is 0 Å². The van der Waals surface area contributed by atoms with E-state index in [2.05, 4.69) is 50.6 Å². The Hall–Kier alpha value is -0.350. The van der Waals surface area contributed by atoms with Crippen molar-refractivity contribution in [1.29, 1.82) is 0 Å². The van der Waals surface area contributed by atoms with E-state index >= 15 is 0 Å². The van der Waals surface area contributed by atoms with Gasteiger partial charge in [-0.2, -0.15) is 0 Å².